The molecule has 8 nitrogen and oxygen atoms in total. The second-order valence-electron chi connectivity index (χ2n) is 6.88. The van der Waals surface area contributed by atoms with E-state index in [1.54, 1.807) is 4.68 Å². The molecule has 0 atom stereocenters. The average Bonchev–Trinajstić information content (AvgIpc) is 3.37. The fourth-order valence-electron chi connectivity index (χ4n) is 2.96. The van der Waals surface area contributed by atoms with Crippen LogP contribution < -0.4 is 5.32 Å². The molecule has 1 aromatic carbocycles. The summed E-state index contributed by atoms with van der Waals surface area (Å²) in [7, 11) is 0. The first-order valence-corrected chi connectivity index (χ1v) is 10.4. The van der Waals surface area contributed by atoms with Gasteiger partial charge in [-0.05, 0) is 35.3 Å². The van der Waals surface area contributed by atoms with Crippen LogP contribution in [0.1, 0.15) is 42.4 Å². The highest BCUT2D eigenvalue weighted by molar-refractivity contribution is 7.15. The van der Waals surface area contributed by atoms with Gasteiger partial charge in [0.05, 0.1) is 0 Å². The summed E-state index contributed by atoms with van der Waals surface area (Å²) in [6.07, 6.45) is 2.65. The highest BCUT2D eigenvalue weighted by atomic mass is 32.1. The number of carbonyl (C=O) groups is 2. The van der Waals surface area contributed by atoms with Crippen LogP contribution in [0.4, 0.5) is 5.00 Å². The van der Waals surface area contributed by atoms with E-state index in [1.807, 2.05) is 42.6 Å². The van der Waals surface area contributed by atoms with E-state index in [1.165, 1.54) is 11.3 Å². The molecule has 4 rings (SSSR count). The second kappa shape index (κ2) is 8.52. The number of carbonyl (C=O) groups excluding carboxylic acids is 2. The van der Waals surface area contributed by atoms with Gasteiger partial charge in [0.15, 0.2) is 12.4 Å². The zero-order valence-corrected chi connectivity index (χ0v) is 16.8. The molecule has 1 amide bonds. The standard InChI is InChI=1S/C20H21N5O3S/c1-2-10-25-16(22-23-24-25)11-28-20(27)17-15(13-6-4-3-5-7-13)12-29-19(17)21-18(26)14-8-9-14/h3-7,12,14H,2,8-11H2,1H3,(H,21,26). The second-order valence-corrected chi connectivity index (χ2v) is 7.76. The van der Waals surface area contributed by atoms with E-state index in [0.717, 1.165) is 30.4 Å². The smallest absolute Gasteiger partial charge is 0.342 e. The molecule has 1 aliphatic carbocycles. The fourth-order valence-corrected chi connectivity index (χ4v) is 3.92. The number of anilines is 1. The maximum Gasteiger partial charge on any atom is 0.342 e. The molecule has 0 radical (unpaired) electrons. The Kier molecular flexibility index (Phi) is 5.66. The van der Waals surface area contributed by atoms with Crippen LogP contribution in [0.25, 0.3) is 11.1 Å². The van der Waals surface area contributed by atoms with Crippen molar-refractivity contribution in [2.24, 2.45) is 5.92 Å². The zero-order chi connectivity index (χ0) is 20.2. The number of tetrazole rings is 1. The topological polar surface area (TPSA) is 99.0 Å². The van der Waals surface area contributed by atoms with Crippen molar-refractivity contribution in [2.45, 2.75) is 39.3 Å². The number of hydrogen-bond donors (Lipinski definition) is 1. The van der Waals surface area contributed by atoms with Gasteiger partial charge in [-0.15, -0.1) is 16.4 Å². The van der Waals surface area contributed by atoms with Crippen molar-refractivity contribution in [3.63, 3.8) is 0 Å². The molecular formula is C20H21N5O3S. The van der Waals surface area contributed by atoms with Crippen LogP contribution >= 0.6 is 11.3 Å². The Morgan fingerprint density at radius 2 is 2.07 bits per heavy atom. The lowest BCUT2D eigenvalue weighted by Crippen LogP contribution is -2.16. The van der Waals surface area contributed by atoms with E-state index in [-0.39, 0.29) is 18.4 Å². The Morgan fingerprint density at radius 3 is 2.79 bits per heavy atom. The SMILES string of the molecule is CCCn1nnnc1COC(=O)c1c(-c2ccccc2)csc1NC(=O)C1CC1. The maximum absolute atomic E-state index is 13.0. The number of aryl methyl sites for hydroxylation is 1. The van der Waals surface area contributed by atoms with Gasteiger partial charge in [0.1, 0.15) is 10.6 Å². The van der Waals surface area contributed by atoms with E-state index in [0.29, 0.717) is 22.9 Å². The first-order chi connectivity index (χ1) is 14.2. The lowest BCUT2D eigenvalue weighted by atomic mass is 10.0. The van der Waals surface area contributed by atoms with Crippen LogP contribution in [0.2, 0.25) is 0 Å². The lowest BCUT2D eigenvalue weighted by Gasteiger charge is -2.09. The Balaban J connectivity index is 1.59. The molecule has 29 heavy (non-hydrogen) atoms. The van der Waals surface area contributed by atoms with E-state index in [2.05, 4.69) is 20.8 Å². The van der Waals surface area contributed by atoms with E-state index in [4.69, 9.17) is 4.74 Å². The van der Waals surface area contributed by atoms with Crippen LogP contribution in [-0.2, 0) is 22.7 Å². The summed E-state index contributed by atoms with van der Waals surface area (Å²) in [5, 5.41) is 16.8. The number of rotatable bonds is 8. The number of esters is 1. The van der Waals surface area contributed by atoms with Crippen molar-refractivity contribution >= 4 is 28.2 Å². The minimum atomic E-state index is -0.512. The molecular weight excluding hydrogens is 390 g/mol. The van der Waals surface area contributed by atoms with E-state index in [9.17, 15) is 9.59 Å². The number of thiophene rings is 1. The molecule has 0 saturated heterocycles. The van der Waals surface area contributed by atoms with Crippen molar-refractivity contribution in [3.05, 3.63) is 47.1 Å². The third-order valence-corrected chi connectivity index (χ3v) is 5.53. The first-order valence-electron chi connectivity index (χ1n) is 9.57. The van der Waals surface area contributed by atoms with Gasteiger partial charge in [-0.1, -0.05) is 37.3 Å². The molecule has 0 bridgehead atoms. The average molecular weight is 411 g/mol. The van der Waals surface area contributed by atoms with Crippen molar-refractivity contribution in [1.29, 1.82) is 0 Å². The lowest BCUT2D eigenvalue weighted by molar-refractivity contribution is -0.117. The van der Waals surface area contributed by atoms with Gasteiger partial charge in [-0.25, -0.2) is 9.48 Å². The summed E-state index contributed by atoms with van der Waals surface area (Å²) >= 11 is 1.33. The first kappa shape index (κ1) is 19.3. The minimum Gasteiger partial charge on any atom is -0.454 e. The molecule has 0 spiro atoms. The molecule has 1 saturated carbocycles. The number of nitrogens with zero attached hydrogens (tertiary/aromatic N) is 4. The molecule has 1 fully saturated rings. The number of nitrogens with one attached hydrogen (secondary N) is 1. The Hall–Kier alpha value is -3.07. The highest BCUT2D eigenvalue weighted by Gasteiger charge is 2.32. The molecule has 0 aliphatic heterocycles. The zero-order valence-electron chi connectivity index (χ0n) is 16.0. The number of amides is 1. The summed E-state index contributed by atoms with van der Waals surface area (Å²) in [4.78, 5) is 25.3. The van der Waals surface area contributed by atoms with Crippen LogP contribution in [0.3, 0.4) is 0 Å². The summed E-state index contributed by atoms with van der Waals surface area (Å²) in [6.45, 7) is 2.63. The van der Waals surface area contributed by atoms with Gasteiger partial charge >= 0.3 is 5.97 Å². The molecule has 1 aliphatic rings. The molecule has 3 aromatic rings. The summed E-state index contributed by atoms with van der Waals surface area (Å²) < 4.78 is 7.15. The molecule has 0 unspecified atom stereocenters. The Labute approximate surface area is 171 Å². The minimum absolute atomic E-state index is 0.0358. The maximum atomic E-state index is 13.0. The molecule has 150 valence electrons. The van der Waals surface area contributed by atoms with Gasteiger partial charge in [-0.2, -0.15) is 0 Å². The normalized spacial score (nSPS) is 13.3. The number of hydrogen-bond acceptors (Lipinski definition) is 7. The van der Waals surface area contributed by atoms with Gasteiger partial charge in [0.2, 0.25) is 5.91 Å². The molecule has 9 heteroatoms. The third kappa shape index (κ3) is 4.34. The van der Waals surface area contributed by atoms with Crippen LogP contribution in [-0.4, -0.2) is 32.1 Å². The quantitative estimate of drug-likeness (QED) is 0.570. The van der Waals surface area contributed by atoms with Crippen molar-refractivity contribution in [2.75, 3.05) is 5.32 Å². The van der Waals surface area contributed by atoms with Gasteiger partial charge in [0.25, 0.3) is 0 Å². The van der Waals surface area contributed by atoms with Crippen molar-refractivity contribution in [1.82, 2.24) is 20.2 Å². The molecule has 2 aromatic heterocycles. The summed E-state index contributed by atoms with van der Waals surface area (Å²) in [5.41, 5.74) is 1.99. The van der Waals surface area contributed by atoms with Crippen molar-refractivity contribution < 1.29 is 14.3 Å². The van der Waals surface area contributed by atoms with E-state index >= 15 is 0 Å². The van der Waals surface area contributed by atoms with Crippen LogP contribution in [0, 0.1) is 5.92 Å². The highest BCUT2D eigenvalue weighted by Crippen LogP contribution is 2.38. The third-order valence-electron chi connectivity index (χ3n) is 4.64. The molecule has 1 N–H and O–H groups in total. The predicted octanol–water partition coefficient (Wildman–Crippen LogP) is 3.52. The Bertz CT molecular complexity index is 1010. The molecule has 2 heterocycles. The van der Waals surface area contributed by atoms with Crippen LogP contribution in [0.15, 0.2) is 35.7 Å². The Morgan fingerprint density at radius 1 is 1.28 bits per heavy atom. The van der Waals surface area contributed by atoms with Crippen LogP contribution in [0.5, 0.6) is 0 Å². The fraction of sp³-hybridized carbons (Fsp3) is 0.350. The largest absolute Gasteiger partial charge is 0.454 e. The number of benzene rings is 1. The monoisotopic (exact) mass is 411 g/mol. The van der Waals surface area contributed by atoms with E-state index < -0.39 is 5.97 Å². The van der Waals surface area contributed by atoms with Crippen molar-refractivity contribution in [3.8, 4) is 11.1 Å². The van der Waals surface area contributed by atoms with Gasteiger partial charge < -0.3 is 10.1 Å². The predicted molar refractivity (Wildman–Crippen MR) is 108 cm³/mol. The number of aromatic nitrogens is 4. The number of ether oxygens (including phenoxy) is 1. The van der Waals surface area contributed by atoms with Gasteiger partial charge in [-0.3, -0.25) is 4.79 Å². The summed E-state index contributed by atoms with van der Waals surface area (Å²) in [5.74, 6) is -0.0327. The van der Waals surface area contributed by atoms with Gasteiger partial charge in [0, 0.05) is 23.4 Å². The summed E-state index contributed by atoms with van der Waals surface area (Å²) in [6, 6.07) is 9.57.